The number of nitrogens with one attached hydrogen (secondary N) is 1. The van der Waals surface area contributed by atoms with E-state index in [9.17, 15) is 9.90 Å². The Bertz CT molecular complexity index is 622. The predicted molar refractivity (Wildman–Crippen MR) is 89.1 cm³/mol. The van der Waals surface area contributed by atoms with E-state index < -0.39 is 0 Å². The van der Waals surface area contributed by atoms with Crippen molar-refractivity contribution in [2.75, 3.05) is 13.2 Å². The molecule has 0 aliphatic carbocycles. The van der Waals surface area contributed by atoms with Crippen LogP contribution in [0.25, 0.3) is 0 Å². The average Bonchev–Trinajstić information content (AvgIpc) is 2.59. The van der Waals surface area contributed by atoms with Crippen molar-refractivity contribution in [2.24, 2.45) is 5.92 Å². The zero-order valence-electron chi connectivity index (χ0n) is 12.8. The number of hydrogen-bond donors (Lipinski definition) is 2. The molecule has 0 aliphatic heterocycles. The van der Waals surface area contributed by atoms with Crippen molar-refractivity contribution in [1.29, 1.82) is 0 Å². The molecule has 0 aliphatic rings. The molecule has 6 heteroatoms. The van der Waals surface area contributed by atoms with Gasteiger partial charge in [0.1, 0.15) is 0 Å². The number of rotatable bonds is 8. The van der Waals surface area contributed by atoms with Gasteiger partial charge in [0.2, 0.25) is 5.91 Å². The van der Waals surface area contributed by atoms with Crippen LogP contribution >= 0.6 is 11.6 Å². The number of carbonyl (C=O) groups excluding carboxylic acids is 1. The van der Waals surface area contributed by atoms with Crippen LogP contribution in [0.3, 0.4) is 0 Å². The fourth-order valence-electron chi connectivity index (χ4n) is 2.22. The molecule has 122 valence electrons. The van der Waals surface area contributed by atoms with Crippen LogP contribution in [0.1, 0.15) is 17.7 Å². The van der Waals surface area contributed by atoms with Gasteiger partial charge in [-0.05, 0) is 36.6 Å². The monoisotopic (exact) mass is 333 g/mol. The number of amides is 1. The summed E-state index contributed by atoms with van der Waals surface area (Å²) < 4.78 is 0. The summed E-state index contributed by atoms with van der Waals surface area (Å²) >= 11 is 6.07. The van der Waals surface area contributed by atoms with Gasteiger partial charge in [-0.1, -0.05) is 17.7 Å². The summed E-state index contributed by atoms with van der Waals surface area (Å²) in [7, 11) is 0. The molecule has 1 atom stereocenters. The second kappa shape index (κ2) is 9.22. The smallest absolute Gasteiger partial charge is 0.220 e. The first-order valence-corrected chi connectivity index (χ1v) is 7.92. The molecular formula is C17H20ClN3O2. The van der Waals surface area contributed by atoms with Crippen LogP contribution in [0.2, 0.25) is 5.02 Å². The molecule has 0 radical (unpaired) electrons. The van der Waals surface area contributed by atoms with Gasteiger partial charge in [-0.15, -0.1) is 0 Å². The minimum atomic E-state index is -0.0753. The first-order chi connectivity index (χ1) is 11.2. The number of halogens is 1. The van der Waals surface area contributed by atoms with Crippen molar-refractivity contribution in [1.82, 2.24) is 15.3 Å². The number of aryl methyl sites for hydroxylation is 1. The Kier molecular flexibility index (Phi) is 6.97. The summed E-state index contributed by atoms with van der Waals surface area (Å²) in [6.07, 6.45) is 6.54. The first-order valence-electron chi connectivity index (χ1n) is 7.55. The van der Waals surface area contributed by atoms with Crippen molar-refractivity contribution in [2.45, 2.75) is 19.3 Å². The van der Waals surface area contributed by atoms with Crippen molar-refractivity contribution >= 4 is 17.5 Å². The van der Waals surface area contributed by atoms with E-state index in [1.165, 1.54) is 0 Å². The minimum absolute atomic E-state index is 0.0147. The number of aromatic nitrogens is 2. The standard InChI is InChI=1S/C17H20ClN3O2/c18-16-11-19-8-6-14(16)9-13(12-22)10-21-17(23)5-4-15-3-1-2-7-20-15/h1-3,6-8,11,13,22H,4-5,9-10,12H2,(H,21,23)/t13-/m1/s1. The number of nitrogens with zero attached hydrogens (tertiary/aromatic N) is 2. The lowest BCUT2D eigenvalue weighted by molar-refractivity contribution is -0.121. The Morgan fingerprint density at radius 3 is 2.87 bits per heavy atom. The van der Waals surface area contributed by atoms with Gasteiger partial charge in [0.05, 0.1) is 5.02 Å². The maximum absolute atomic E-state index is 11.9. The third kappa shape index (κ3) is 5.96. The lowest BCUT2D eigenvalue weighted by atomic mass is 10.0. The van der Waals surface area contributed by atoms with E-state index in [0.717, 1.165) is 11.3 Å². The molecule has 0 fully saturated rings. The summed E-state index contributed by atoms with van der Waals surface area (Å²) in [6, 6.07) is 7.48. The molecule has 2 aromatic heterocycles. The third-order valence-electron chi connectivity index (χ3n) is 3.55. The van der Waals surface area contributed by atoms with Crippen molar-refractivity contribution in [3.8, 4) is 0 Å². The molecular weight excluding hydrogens is 314 g/mol. The normalized spacial score (nSPS) is 11.9. The summed E-state index contributed by atoms with van der Waals surface area (Å²) in [5.41, 5.74) is 1.81. The van der Waals surface area contributed by atoms with Gasteiger partial charge < -0.3 is 10.4 Å². The molecule has 0 saturated heterocycles. The Balaban J connectivity index is 1.76. The molecule has 0 unspecified atom stereocenters. The molecule has 0 bridgehead atoms. The highest BCUT2D eigenvalue weighted by molar-refractivity contribution is 6.31. The van der Waals surface area contributed by atoms with Crippen molar-refractivity contribution in [3.63, 3.8) is 0 Å². The Morgan fingerprint density at radius 2 is 2.17 bits per heavy atom. The van der Waals surface area contributed by atoms with Gasteiger partial charge >= 0.3 is 0 Å². The van der Waals surface area contributed by atoms with Crippen LogP contribution in [0.15, 0.2) is 42.9 Å². The molecule has 2 aromatic rings. The number of hydrogen-bond acceptors (Lipinski definition) is 4. The Hall–Kier alpha value is -1.98. The van der Waals surface area contributed by atoms with Crippen LogP contribution < -0.4 is 5.32 Å². The number of aliphatic hydroxyl groups excluding tert-OH is 1. The van der Waals surface area contributed by atoms with E-state index in [4.69, 9.17) is 11.6 Å². The lowest BCUT2D eigenvalue weighted by Crippen LogP contribution is -2.32. The van der Waals surface area contributed by atoms with E-state index in [0.29, 0.717) is 30.8 Å². The largest absolute Gasteiger partial charge is 0.396 e. The third-order valence-corrected chi connectivity index (χ3v) is 3.89. The van der Waals surface area contributed by atoms with Gasteiger partial charge in [-0.2, -0.15) is 0 Å². The molecule has 0 aromatic carbocycles. The van der Waals surface area contributed by atoms with Crippen LogP contribution in [0.4, 0.5) is 0 Å². The van der Waals surface area contributed by atoms with Gasteiger partial charge in [0, 0.05) is 49.8 Å². The number of pyridine rings is 2. The van der Waals surface area contributed by atoms with E-state index in [1.54, 1.807) is 18.6 Å². The van der Waals surface area contributed by atoms with Gasteiger partial charge in [-0.3, -0.25) is 14.8 Å². The zero-order valence-corrected chi connectivity index (χ0v) is 13.5. The van der Waals surface area contributed by atoms with Crippen LogP contribution in [0.5, 0.6) is 0 Å². The molecule has 0 saturated carbocycles. The van der Waals surface area contributed by atoms with Gasteiger partial charge in [0.25, 0.3) is 0 Å². The quantitative estimate of drug-likeness (QED) is 0.775. The lowest BCUT2D eigenvalue weighted by Gasteiger charge is -2.15. The SMILES string of the molecule is O=C(CCc1ccccn1)NC[C@H](CO)Cc1ccncc1Cl. The Morgan fingerprint density at radius 1 is 1.30 bits per heavy atom. The topological polar surface area (TPSA) is 75.1 Å². The van der Waals surface area contributed by atoms with Crippen LogP contribution in [-0.4, -0.2) is 34.1 Å². The maximum atomic E-state index is 11.9. The fraction of sp³-hybridized carbons (Fsp3) is 0.353. The van der Waals surface area contributed by atoms with E-state index in [-0.39, 0.29) is 18.4 Å². The average molecular weight is 334 g/mol. The molecule has 2 rings (SSSR count). The molecule has 23 heavy (non-hydrogen) atoms. The molecule has 2 heterocycles. The Labute approximate surface area is 140 Å². The predicted octanol–water partition coefficient (Wildman–Crippen LogP) is 2.03. The number of aliphatic hydroxyl groups is 1. The minimum Gasteiger partial charge on any atom is -0.396 e. The second-order valence-electron chi connectivity index (χ2n) is 5.34. The van der Waals surface area contributed by atoms with E-state index in [2.05, 4.69) is 15.3 Å². The molecule has 2 N–H and O–H groups in total. The second-order valence-corrected chi connectivity index (χ2v) is 5.75. The van der Waals surface area contributed by atoms with Crippen molar-refractivity contribution < 1.29 is 9.90 Å². The zero-order chi connectivity index (χ0) is 16.5. The maximum Gasteiger partial charge on any atom is 0.220 e. The summed E-state index contributed by atoms with van der Waals surface area (Å²) in [4.78, 5) is 20.0. The van der Waals surface area contributed by atoms with Crippen molar-refractivity contribution in [3.05, 3.63) is 59.1 Å². The molecule has 0 spiro atoms. The van der Waals surface area contributed by atoms with Crippen LogP contribution in [0, 0.1) is 5.92 Å². The number of carbonyl (C=O) groups is 1. The summed E-state index contributed by atoms with van der Waals surface area (Å²) in [5.74, 6) is -0.122. The highest BCUT2D eigenvalue weighted by atomic mass is 35.5. The summed E-state index contributed by atoms with van der Waals surface area (Å²) in [6.45, 7) is 0.398. The van der Waals surface area contributed by atoms with E-state index in [1.807, 2.05) is 24.3 Å². The summed E-state index contributed by atoms with van der Waals surface area (Å²) in [5, 5.41) is 12.9. The fourth-order valence-corrected chi connectivity index (χ4v) is 2.41. The highest BCUT2D eigenvalue weighted by Crippen LogP contribution is 2.17. The highest BCUT2D eigenvalue weighted by Gasteiger charge is 2.12. The molecule has 5 nitrogen and oxygen atoms in total. The van der Waals surface area contributed by atoms with Gasteiger partial charge in [0.15, 0.2) is 0 Å². The van der Waals surface area contributed by atoms with Gasteiger partial charge in [-0.25, -0.2) is 0 Å². The molecule has 1 amide bonds. The van der Waals surface area contributed by atoms with E-state index >= 15 is 0 Å². The first kappa shape index (κ1) is 17.4. The van der Waals surface area contributed by atoms with Crippen LogP contribution in [-0.2, 0) is 17.6 Å².